The average molecular weight is 379 g/mol. The van der Waals surface area contributed by atoms with Gasteiger partial charge in [-0.3, -0.25) is 4.68 Å². The highest BCUT2D eigenvalue weighted by Crippen LogP contribution is 2.34. The van der Waals surface area contributed by atoms with Crippen molar-refractivity contribution in [3.8, 4) is 17.2 Å². The summed E-state index contributed by atoms with van der Waals surface area (Å²) in [6.45, 7) is 2.08. The Morgan fingerprint density at radius 3 is 2.82 bits per heavy atom. The Bertz CT molecular complexity index is 925. The summed E-state index contributed by atoms with van der Waals surface area (Å²) in [7, 11) is 3.37. The van der Waals surface area contributed by atoms with Crippen molar-refractivity contribution in [1.82, 2.24) is 15.1 Å². The van der Waals surface area contributed by atoms with Gasteiger partial charge in [-0.05, 0) is 41.8 Å². The molecule has 6 nitrogen and oxygen atoms in total. The molecule has 6 heteroatoms. The molecule has 28 heavy (non-hydrogen) atoms. The molecule has 4 rings (SSSR count). The molecule has 0 bridgehead atoms. The quantitative estimate of drug-likeness (QED) is 0.684. The van der Waals surface area contributed by atoms with Gasteiger partial charge in [0, 0.05) is 30.5 Å². The molecule has 0 saturated heterocycles. The first-order chi connectivity index (χ1) is 13.8. The van der Waals surface area contributed by atoms with E-state index >= 15 is 0 Å². The van der Waals surface area contributed by atoms with Crippen LogP contribution in [0.4, 0.5) is 0 Å². The number of ether oxygens (including phenoxy) is 3. The predicted molar refractivity (Wildman–Crippen MR) is 107 cm³/mol. The number of hydrogen-bond donors (Lipinski definition) is 1. The van der Waals surface area contributed by atoms with E-state index in [-0.39, 0.29) is 6.04 Å². The lowest BCUT2D eigenvalue weighted by atomic mass is 10.0. The molecule has 3 aromatic rings. The topological polar surface area (TPSA) is 57.5 Å². The third-order valence-corrected chi connectivity index (χ3v) is 5.01. The molecule has 0 unspecified atom stereocenters. The average Bonchev–Trinajstić information content (AvgIpc) is 3.25. The van der Waals surface area contributed by atoms with E-state index in [9.17, 15) is 0 Å². The minimum Gasteiger partial charge on any atom is -0.496 e. The Morgan fingerprint density at radius 1 is 1.14 bits per heavy atom. The van der Waals surface area contributed by atoms with Crippen molar-refractivity contribution in [2.75, 3.05) is 20.8 Å². The molecule has 1 atom stereocenters. The Morgan fingerprint density at radius 2 is 2.04 bits per heavy atom. The minimum atomic E-state index is 0.260. The highest BCUT2D eigenvalue weighted by atomic mass is 16.5. The van der Waals surface area contributed by atoms with E-state index in [1.165, 1.54) is 11.1 Å². The van der Waals surface area contributed by atoms with E-state index in [0.717, 1.165) is 35.8 Å². The maximum atomic E-state index is 5.96. The van der Waals surface area contributed by atoms with Crippen molar-refractivity contribution in [1.29, 1.82) is 0 Å². The first kappa shape index (κ1) is 18.4. The molecule has 1 aromatic heterocycles. The normalized spacial score (nSPS) is 15.6. The van der Waals surface area contributed by atoms with E-state index in [1.54, 1.807) is 20.4 Å². The van der Waals surface area contributed by atoms with Gasteiger partial charge in [-0.2, -0.15) is 5.10 Å². The van der Waals surface area contributed by atoms with Crippen LogP contribution < -0.4 is 19.5 Å². The lowest BCUT2D eigenvalue weighted by Crippen LogP contribution is -2.38. The van der Waals surface area contributed by atoms with Crippen molar-refractivity contribution >= 4 is 0 Å². The SMILES string of the molecule is COc1ccc(CN[C@@H]2COc3c(cccc3OC)C2)cc1Cn1cccn1. The zero-order chi connectivity index (χ0) is 19.3. The van der Waals surface area contributed by atoms with E-state index in [1.807, 2.05) is 35.1 Å². The lowest BCUT2D eigenvalue weighted by molar-refractivity contribution is 0.226. The predicted octanol–water partition coefficient (Wildman–Crippen LogP) is 3.04. The Kier molecular flexibility index (Phi) is 5.48. The summed E-state index contributed by atoms with van der Waals surface area (Å²) in [6, 6.07) is 14.5. The van der Waals surface area contributed by atoms with Crippen LogP contribution in [-0.2, 0) is 19.5 Å². The second kappa shape index (κ2) is 8.35. The fraction of sp³-hybridized carbons (Fsp3) is 0.318. The Balaban J connectivity index is 1.42. The number of nitrogens with one attached hydrogen (secondary N) is 1. The van der Waals surface area contributed by atoms with Gasteiger partial charge in [-0.1, -0.05) is 18.2 Å². The van der Waals surface area contributed by atoms with Gasteiger partial charge >= 0.3 is 0 Å². The molecule has 1 aliphatic heterocycles. The molecule has 1 N–H and O–H groups in total. The maximum absolute atomic E-state index is 5.96. The zero-order valence-electron chi connectivity index (χ0n) is 16.2. The summed E-state index contributed by atoms with van der Waals surface area (Å²) in [5, 5.41) is 7.90. The molecular formula is C22H25N3O3. The molecule has 0 saturated carbocycles. The molecule has 146 valence electrons. The molecule has 0 aliphatic carbocycles. The van der Waals surface area contributed by atoms with E-state index in [2.05, 4.69) is 28.6 Å². The van der Waals surface area contributed by atoms with Crippen LogP contribution in [0.15, 0.2) is 54.9 Å². The van der Waals surface area contributed by atoms with Crippen molar-refractivity contribution in [3.05, 3.63) is 71.5 Å². The van der Waals surface area contributed by atoms with Crippen LogP contribution >= 0.6 is 0 Å². The van der Waals surface area contributed by atoms with Gasteiger partial charge in [-0.15, -0.1) is 0 Å². The summed E-state index contributed by atoms with van der Waals surface area (Å²) >= 11 is 0. The van der Waals surface area contributed by atoms with E-state index in [0.29, 0.717) is 13.2 Å². The monoisotopic (exact) mass is 379 g/mol. The van der Waals surface area contributed by atoms with Gasteiger partial charge in [0.15, 0.2) is 11.5 Å². The van der Waals surface area contributed by atoms with Crippen LogP contribution in [0.1, 0.15) is 16.7 Å². The van der Waals surface area contributed by atoms with Gasteiger partial charge in [-0.25, -0.2) is 0 Å². The van der Waals surface area contributed by atoms with Gasteiger partial charge < -0.3 is 19.5 Å². The molecule has 2 aromatic carbocycles. The van der Waals surface area contributed by atoms with Gasteiger partial charge in [0.05, 0.1) is 20.8 Å². The van der Waals surface area contributed by atoms with E-state index < -0.39 is 0 Å². The number of aromatic nitrogens is 2. The highest BCUT2D eigenvalue weighted by molar-refractivity contribution is 5.48. The van der Waals surface area contributed by atoms with Crippen LogP contribution in [0.3, 0.4) is 0 Å². The number of nitrogens with zero attached hydrogens (tertiary/aromatic N) is 2. The zero-order valence-corrected chi connectivity index (χ0v) is 16.2. The highest BCUT2D eigenvalue weighted by Gasteiger charge is 2.22. The number of fused-ring (bicyclic) bond motifs is 1. The third-order valence-electron chi connectivity index (χ3n) is 5.01. The molecule has 0 fully saturated rings. The van der Waals surface area contributed by atoms with Gasteiger partial charge in [0.1, 0.15) is 12.4 Å². The smallest absolute Gasteiger partial charge is 0.164 e. The summed E-state index contributed by atoms with van der Waals surface area (Å²) < 4.78 is 18.8. The van der Waals surface area contributed by atoms with Gasteiger partial charge in [0.25, 0.3) is 0 Å². The number of rotatable bonds is 7. The minimum absolute atomic E-state index is 0.260. The second-order valence-electron chi connectivity index (χ2n) is 6.89. The molecule has 1 aliphatic rings. The third kappa shape index (κ3) is 3.97. The van der Waals surface area contributed by atoms with Crippen molar-refractivity contribution < 1.29 is 14.2 Å². The molecular weight excluding hydrogens is 354 g/mol. The first-order valence-electron chi connectivity index (χ1n) is 9.42. The fourth-order valence-electron chi connectivity index (χ4n) is 3.58. The number of para-hydroxylation sites is 1. The summed E-state index contributed by atoms with van der Waals surface area (Å²) in [4.78, 5) is 0. The summed E-state index contributed by atoms with van der Waals surface area (Å²) in [5.41, 5.74) is 3.50. The first-order valence-corrected chi connectivity index (χ1v) is 9.42. The van der Waals surface area contributed by atoms with Crippen molar-refractivity contribution in [2.24, 2.45) is 0 Å². The van der Waals surface area contributed by atoms with Crippen LogP contribution in [0.25, 0.3) is 0 Å². The number of hydrogen-bond acceptors (Lipinski definition) is 5. The standard InChI is InChI=1S/C22H25N3O3/c1-26-20-8-7-16(11-18(20)14-25-10-4-9-24-25)13-23-19-12-17-5-3-6-21(27-2)22(17)28-15-19/h3-11,19,23H,12-15H2,1-2H3/t19-/m0/s1. The summed E-state index contributed by atoms with van der Waals surface area (Å²) in [6.07, 6.45) is 4.66. The fourth-order valence-corrected chi connectivity index (χ4v) is 3.58. The largest absolute Gasteiger partial charge is 0.496 e. The summed E-state index contributed by atoms with van der Waals surface area (Å²) in [5.74, 6) is 2.55. The molecule has 0 amide bonds. The number of methoxy groups -OCH3 is 2. The second-order valence-corrected chi connectivity index (χ2v) is 6.89. The van der Waals surface area contributed by atoms with Crippen LogP contribution in [0.2, 0.25) is 0 Å². The van der Waals surface area contributed by atoms with Crippen LogP contribution in [0, 0.1) is 0 Å². The molecule has 0 radical (unpaired) electrons. The van der Waals surface area contributed by atoms with Crippen molar-refractivity contribution in [2.45, 2.75) is 25.6 Å². The maximum Gasteiger partial charge on any atom is 0.164 e. The van der Waals surface area contributed by atoms with Gasteiger partial charge in [0.2, 0.25) is 0 Å². The molecule has 2 heterocycles. The Labute approximate surface area is 165 Å². The van der Waals surface area contributed by atoms with Crippen molar-refractivity contribution in [3.63, 3.8) is 0 Å². The van der Waals surface area contributed by atoms with E-state index in [4.69, 9.17) is 14.2 Å². The lowest BCUT2D eigenvalue weighted by Gasteiger charge is -2.27. The molecule has 0 spiro atoms. The number of benzene rings is 2. The Hall–Kier alpha value is -2.99. The van der Waals surface area contributed by atoms with Crippen LogP contribution in [0.5, 0.6) is 17.2 Å². The van der Waals surface area contributed by atoms with Crippen LogP contribution in [-0.4, -0.2) is 36.6 Å².